The number of ether oxygens (including phenoxy) is 1. The number of nitrogens with zero attached hydrogens (tertiary/aromatic N) is 2. The normalized spacial score (nSPS) is 12.2. The van der Waals surface area contributed by atoms with Gasteiger partial charge in [-0.3, -0.25) is 4.79 Å². The molecule has 1 atom stereocenters. The summed E-state index contributed by atoms with van der Waals surface area (Å²) in [4.78, 5) is 12.4. The third-order valence-electron chi connectivity index (χ3n) is 5.37. The molecule has 1 aromatic heterocycles. The summed E-state index contributed by atoms with van der Waals surface area (Å²) in [6.45, 7) is -0.323. The van der Waals surface area contributed by atoms with Crippen molar-refractivity contribution in [1.82, 2.24) is 9.88 Å². The zero-order valence-electron chi connectivity index (χ0n) is 18.2. The number of benzene rings is 3. The van der Waals surface area contributed by atoms with Gasteiger partial charge in [-0.05, 0) is 42.0 Å². The summed E-state index contributed by atoms with van der Waals surface area (Å²) in [6, 6.07) is 19.5. The highest BCUT2D eigenvalue weighted by Crippen LogP contribution is 2.38. The Bertz CT molecular complexity index is 1380. The van der Waals surface area contributed by atoms with Crippen LogP contribution in [0.15, 0.2) is 79.0 Å². The van der Waals surface area contributed by atoms with E-state index >= 15 is 0 Å². The van der Waals surface area contributed by atoms with E-state index in [1.165, 1.54) is 24.4 Å². The highest BCUT2D eigenvalue weighted by atomic mass is 35.5. The second kappa shape index (κ2) is 10.1. The van der Waals surface area contributed by atoms with Crippen LogP contribution in [0.5, 0.6) is 5.75 Å². The largest absolute Gasteiger partial charge is 0.484 e. The molecule has 35 heavy (non-hydrogen) atoms. The first-order chi connectivity index (χ1) is 16.7. The molecule has 1 heterocycles. The number of nitriles is 1. The molecule has 4 aromatic rings. The van der Waals surface area contributed by atoms with Gasteiger partial charge in [0.05, 0.1) is 11.6 Å². The van der Waals surface area contributed by atoms with Gasteiger partial charge in [-0.1, -0.05) is 48.0 Å². The van der Waals surface area contributed by atoms with E-state index in [1.807, 2.05) is 6.07 Å². The van der Waals surface area contributed by atoms with E-state index in [-0.39, 0.29) is 17.5 Å². The lowest BCUT2D eigenvalue weighted by Crippen LogP contribution is -2.40. The minimum absolute atomic E-state index is 0.126. The molecule has 3 aromatic carbocycles. The number of fused-ring (bicyclic) bond motifs is 1. The third kappa shape index (κ3) is 5.76. The van der Waals surface area contributed by atoms with Crippen molar-refractivity contribution in [3.63, 3.8) is 0 Å². The number of carbonyl (C=O) groups excluding carboxylic acids is 1. The van der Waals surface area contributed by atoms with Crippen molar-refractivity contribution in [3.05, 3.63) is 101 Å². The van der Waals surface area contributed by atoms with E-state index in [2.05, 4.69) is 5.32 Å². The van der Waals surface area contributed by atoms with Crippen molar-refractivity contribution < 1.29 is 22.7 Å². The van der Waals surface area contributed by atoms with Gasteiger partial charge in [-0.15, -0.1) is 0 Å². The van der Waals surface area contributed by atoms with Crippen LogP contribution in [0, 0.1) is 11.3 Å². The molecule has 4 rings (SSSR count). The molecule has 0 saturated carbocycles. The van der Waals surface area contributed by atoms with E-state index in [1.54, 1.807) is 59.2 Å². The number of carbonyl (C=O) groups is 1. The van der Waals surface area contributed by atoms with Crippen molar-refractivity contribution in [1.29, 1.82) is 5.26 Å². The smallest absolute Gasteiger partial charge is 0.412 e. The van der Waals surface area contributed by atoms with Gasteiger partial charge in [0, 0.05) is 34.2 Å². The summed E-state index contributed by atoms with van der Waals surface area (Å²) in [7, 11) is 0. The molecule has 5 nitrogen and oxygen atoms in total. The first-order valence-electron chi connectivity index (χ1n) is 10.6. The molecule has 0 aliphatic rings. The number of halogens is 4. The topological polar surface area (TPSA) is 67.1 Å². The molecule has 1 unspecified atom stereocenters. The van der Waals surface area contributed by atoms with Gasteiger partial charge in [0.15, 0.2) is 12.6 Å². The Morgan fingerprint density at radius 2 is 1.80 bits per heavy atom. The van der Waals surface area contributed by atoms with Crippen LogP contribution in [-0.4, -0.2) is 23.3 Å². The lowest BCUT2D eigenvalue weighted by Gasteiger charge is -2.21. The van der Waals surface area contributed by atoms with Crippen LogP contribution in [0.25, 0.3) is 10.9 Å². The Hall–Kier alpha value is -3.96. The number of rotatable bonds is 7. The van der Waals surface area contributed by atoms with Crippen LogP contribution in [0.1, 0.15) is 22.7 Å². The van der Waals surface area contributed by atoms with Gasteiger partial charge in [-0.25, -0.2) is 0 Å². The maximum atomic E-state index is 14.2. The Morgan fingerprint density at radius 1 is 1.09 bits per heavy atom. The molecule has 178 valence electrons. The summed E-state index contributed by atoms with van der Waals surface area (Å²) in [5, 5.41) is 12.2. The standard InChI is InChI=1S/C26H19ClF3N3O2/c27-19-9-6-17(7-10-19)14-33-15-22(21-11-8-18(13-31)12-23(21)33)25(26(28,29)30)32-24(34)16-35-20-4-2-1-3-5-20/h1-12,15,25H,14,16H2,(H,32,34). The monoisotopic (exact) mass is 497 g/mol. The third-order valence-corrected chi connectivity index (χ3v) is 5.62. The molecular formula is C26H19ClF3N3O2. The molecular weight excluding hydrogens is 479 g/mol. The van der Waals surface area contributed by atoms with Gasteiger partial charge in [0.25, 0.3) is 5.91 Å². The molecule has 0 bridgehead atoms. The summed E-state index contributed by atoms with van der Waals surface area (Å²) in [5.41, 5.74) is 1.43. The molecule has 9 heteroatoms. The average Bonchev–Trinajstić information content (AvgIpc) is 3.19. The predicted molar refractivity (Wildman–Crippen MR) is 126 cm³/mol. The molecule has 0 radical (unpaired) electrons. The highest BCUT2D eigenvalue weighted by Gasteiger charge is 2.43. The highest BCUT2D eigenvalue weighted by molar-refractivity contribution is 6.30. The lowest BCUT2D eigenvalue weighted by atomic mass is 10.0. The van der Waals surface area contributed by atoms with Crippen molar-refractivity contribution in [2.24, 2.45) is 0 Å². The minimum Gasteiger partial charge on any atom is -0.484 e. The Balaban J connectivity index is 1.68. The van der Waals surface area contributed by atoms with Crippen molar-refractivity contribution in [2.45, 2.75) is 18.8 Å². The lowest BCUT2D eigenvalue weighted by molar-refractivity contribution is -0.163. The quantitative estimate of drug-likeness (QED) is 0.340. The van der Waals surface area contributed by atoms with Crippen LogP contribution in [0.3, 0.4) is 0 Å². The number of aromatic nitrogens is 1. The van der Waals surface area contributed by atoms with E-state index in [9.17, 15) is 23.2 Å². The number of hydrogen-bond acceptors (Lipinski definition) is 3. The van der Waals surface area contributed by atoms with E-state index in [0.717, 1.165) is 5.56 Å². The predicted octanol–water partition coefficient (Wildman–Crippen LogP) is 6.01. The van der Waals surface area contributed by atoms with Crippen LogP contribution in [0.4, 0.5) is 13.2 Å². The number of para-hydroxylation sites is 1. The maximum absolute atomic E-state index is 14.2. The fraction of sp³-hybridized carbons (Fsp3) is 0.154. The fourth-order valence-electron chi connectivity index (χ4n) is 3.74. The molecule has 0 aliphatic carbocycles. The van der Waals surface area contributed by atoms with Gasteiger partial charge in [0.1, 0.15) is 5.75 Å². The number of nitrogens with one attached hydrogen (secondary N) is 1. The molecule has 0 fully saturated rings. The molecule has 1 amide bonds. The number of hydrogen-bond donors (Lipinski definition) is 1. The molecule has 0 aliphatic heterocycles. The summed E-state index contributed by atoms with van der Waals surface area (Å²) >= 11 is 5.94. The zero-order valence-corrected chi connectivity index (χ0v) is 19.0. The van der Waals surface area contributed by atoms with Crippen molar-refractivity contribution in [3.8, 4) is 11.8 Å². The van der Waals surface area contributed by atoms with E-state index in [4.69, 9.17) is 16.3 Å². The van der Waals surface area contributed by atoms with Gasteiger partial charge < -0.3 is 14.6 Å². The van der Waals surface area contributed by atoms with Crippen molar-refractivity contribution >= 4 is 28.4 Å². The minimum atomic E-state index is -4.77. The number of alkyl halides is 3. The summed E-state index contributed by atoms with van der Waals surface area (Å²) < 4.78 is 49.4. The second-order valence-corrected chi connectivity index (χ2v) is 8.26. The Kier molecular flexibility index (Phi) is 6.99. The summed E-state index contributed by atoms with van der Waals surface area (Å²) in [6.07, 6.45) is -3.41. The second-order valence-electron chi connectivity index (χ2n) is 7.83. The molecule has 0 saturated heterocycles. The van der Waals surface area contributed by atoms with Crippen LogP contribution in [-0.2, 0) is 11.3 Å². The average molecular weight is 498 g/mol. The maximum Gasteiger partial charge on any atom is 0.412 e. The number of amides is 1. The van der Waals surface area contributed by atoms with Gasteiger partial charge in [0.2, 0.25) is 0 Å². The van der Waals surface area contributed by atoms with Crippen LogP contribution >= 0.6 is 11.6 Å². The molecule has 1 N–H and O–H groups in total. The van der Waals surface area contributed by atoms with Crippen molar-refractivity contribution in [2.75, 3.05) is 6.61 Å². The molecule has 0 spiro atoms. The van der Waals surface area contributed by atoms with Gasteiger partial charge >= 0.3 is 6.18 Å². The first kappa shape index (κ1) is 24.2. The Labute approximate surface area is 204 Å². The van der Waals surface area contributed by atoms with E-state index in [0.29, 0.717) is 21.9 Å². The van der Waals surface area contributed by atoms with Crippen LogP contribution < -0.4 is 10.1 Å². The SMILES string of the molecule is N#Cc1ccc2c(C(NC(=O)COc3ccccc3)C(F)(F)F)cn(Cc3ccc(Cl)cc3)c2c1. The van der Waals surface area contributed by atoms with Crippen LogP contribution in [0.2, 0.25) is 5.02 Å². The summed E-state index contributed by atoms with van der Waals surface area (Å²) in [5.74, 6) is -0.543. The fourth-order valence-corrected chi connectivity index (χ4v) is 3.87. The van der Waals surface area contributed by atoms with E-state index < -0.39 is 24.7 Å². The van der Waals surface area contributed by atoms with Gasteiger partial charge in [-0.2, -0.15) is 18.4 Å². The first-order valence-corrected chi connectivity index (χ1v) is 10.9. The zero-order chi connectivity index (χ0) is 25.0. The Morgan fingerprint density at radius 3 is 2.46 bits per heavy atom.